The molecule has 0 bridgehead atoms. The number of carbonyl (C=O) groups is 1. The van der Waals surface area contributed by atoms with Crippen LogP contribution in [0, 0.1) is 10.1 Å². The summed E-state index contributed by atoms with van der Waals surface area (Å²) >= 11 is 1.65. The second-order valence-corrected chi connectivity index (χ2v) is 5.16. The Balaban J connectivity index is 2.95. The first-order valence-corrected chi connectivity index (χ1v) is 7.07. The lowest BCUT2D eigenvalue weighted by Gasteiger charge is -2.24. The maximum atomic E-state index is 12.2. The third-order valence-corrected chi connectivity index (χ3v) is 3.68. The van der Waals surface area contributed by atoms with Crippen molar-refractivity contribution in [1.82, 2.24) is 4.90 Å². The number of thioether (sulfide) groups is 1. The second kappa shape index (κ2) is 6.42. The van der Waals surface area contributed by atoms with E-state index < -0.39 is 4.92 Å². The average Bonchev–Trinajstić information content (AvgIpc) is 2.36. The minimum absolute atomic E-state index is 0.00164. The number of nitrogen functional groups attached to an aromatic ring is 1. The molecule has 1 unspecified atom stereocenters. The van der Waals surface area contributed by atoms with Crippen LogP contribution in [0.1, 0.15) is 17.3 Å². The highest BCUT2D eigenvalue weighted by atomic mass is 32.2. The summed E-state index contributed by atoms with van der Waals surface area (Å²) in [5, 5.41) is 10.7. The van der Waals surface area contributed by atoms with Gasteiger partial charge in [-0.3, -0.25) is 14.9 Å². The second-order valence-electron chi connectivity index (χ2n) is 4.25. The van der Waals surface area contributed by atoms with Gasteiger partial charge < -0.3 is 10.6 Å². The number of anilines is 1. The van der Waals surface area contributed by atoms with Crippen molar-refractivity contribution < 1.29 is 9.72 Å². The van der Waals surface area contributed by atoms with E-state index in [2.05, 4.69) is 0 Å². The fourth-order valence-electron chi connectivity index (χ4n) is 1.61. The number of rotatable bonds is 5. The first-order valence-electron chi connectivity index (χ1n) is 5.68. The van der Waals surface area contributed by atoms with Crippen LogP contribution >= 0.6 is 11.8 Å². The van der Waals surface area contributed by atoms with Gasteiger partial charge in [-0.15, -0.1) is 0 Å². The number of hydrogen-bond donors (Lipinski definition) is 1. The van der Waals surface area contributed by atoms with Crippen LogP contribution < -0.4 is 5.73 Å². The third-order valence-electron chi connectivity index (χ3n) is 2.86. The van der Waals surface area contributed by atoms with Gasteiger partial charge in [-0.2, -0.15) is 11.8 Å². The van der Waals surface area contributed by atoms with Gasteiger partial charge in [-0.05, 0) is 25.3 Å². The van der Waals surface area contributed by atoms with Crippen LogP contribution in [0.15, 0.2) is 18.2 Å². The number of amides is 1. The first-order chi connectivity index (χ1) is 8.88. The van der Waals surface area contributed by atoms with Crippen molar-refractivity contribution in [2.45, 2.75) is 13.0 Å². The van der Waals surface area contributed by atoms with Crippen molar-refractivity contribution in [3.63, 3.8) is 0 Å². The molecular weight excluding hydrogens is 266 g/mol. The maximum Gasteiger partial charge on any atom is 0.292 e. The van der Waals surface area contributed by atoms with E-state index in [-0.39, 0.29) is 23.3 Å². The van der Waals surface area contributed by atoms with Crippen LogP contribution in [-0.4, -0.2) is 40.8 Å². The van der Waals surface area contributed by atoms with Crippen molar-refractivity contribution in [2.24, 2.45) is 0 Å². The van der Waals surface area contributed by atoms with Gasteiger partial charge in [-0.1, -0.05) is 0 Å². The Bertz CT molecular complexity index is 493. The van der Waals surface area contributed by atoms with E-state index in [1.807, 2.05) is 13.2 Å². The van der Waals surface area contributed by atoms with E-state index in [0.29, 0.717) is 5.56 Å². The molecule has 19 heavy (non-hydrogen) atoms. The van der Waals surface area contributed by atoms with Gasteiger partial charge >= 0.3 is 0 Å². The molecular formula is C12H17N3O3S. The molecule has 0 aromatic heterocycles. The van der Waals surface area contributed by atoms with E-state index in [0.717, 1.165) is 5.75 Å². The molecule has 0 saturated carbocycles. The molecule has 1 aromatic carbocycles. The average molecular weight is 283 g/mol. The molecule has 6 nitrogen and oxygen atoms in total. The minimum atomic E-state index is -0.566. The first kappa shape index (κ1) is 15.3. The molecule has 0 aliphatic heterocycles. The number of nitro benzene ring substituents is 1. The molecule has 0 aliphatic rings. The number of nitrogens with two attached hydrogens (primary N) is 1. The maximum absolute atomic E-state index is 12.2. The topological polar surface area (TPSA) is 89.5 Å². The highest BCUT2D eigenvalue weighted by Gasteiger charge is 2.19. The predicted octanol–water partition coefficient (Wildman–Crippen LogP) is 2.00. The van der Waals surface area contributed by atoms with Crippen LogP contribution in [0.3, 0.4) is 0 Å². The van der Waals surface area contributed by atoms with Gasteiger partial charge in [-0.25, -0.2) is 0 Å². The van der Waals surface area contributed by atoms with E-state index in [1.165, 1.54) is 18.2 Å². The van der Waals surface area contributed by atoms with Gasteiger partial charge in [0.1, 0.15) is 5.69 Å². The van der Waals surface area contributed by atoms with Crippen LogP contribution in [0.25, 0.3) is 0 Å². The lowest BCUT2D eigenvalue weighted by Crippen LogP contribution is -2.36. The van der Waals surface area contributed by atoms with Gasteiger partial charge in [0, 0.05) is 30.5 Å². The van der Waals surface area contributed by atoms with Crippen molar-refractivity contribution >= 4 is 29.0 Å². The Morgan fingerprint density at radius 1 is 1.58 bits per heavy atom. The van der Waals surface area contributed by atoms with Gasteiger partial charge in [0.05, 0.1) is 4.92 Å². The zero-order chi connectivity index (χ0) is 14.6. The Labute approximate surface area is 116 Å². The summed E-state index contributed by atoms with van der Waals surface area (Å²) in [7, 11) is 1.71. The van der Waals surface area contributed by atoms with Crippen molar-refractivity contribution in [3.8, 4) is 0 Å². The highest BCUT2D eigenvalue weighted by Crippen LogP contribution is 2.23. The van der Waals surface area contributed by atoms with E-state index in [9.17, 15) is 14.9 Å². The van der Waals surface area contributed by atoms with Crippen molar-refractivity contribution in [1.29, 1.82) is 0 Å². The molecule has 1 aromatic rings. The summed E-state index contributed by atoms with van der Waals surface area (Å²) in [6.45, 7) is 1.95. The number of nitro groups is 1. The fourth-order valence-corrected chi connectivity index (χ4v) is 2.32. The third kappa shape index (κ3) is 3.60. The summed E-state index contributed by atoms with van der Waals surface area (Å²) in [4.78, 5) is 23.9. The Morgan fingerprint density at radius 3 is 2.68 bits per heavy atom. The molecule has 0 radical (unpaired) electrons. The lowest BCUT2D eigenvalue weighted by molar-refractivity contribution is -0.383. The largest absolute Gasteiger partial charge is 0.393 e. The zero-order valence-corrected chi connectivity index (χ0v) is 11.9. The number of hydrogen-bond acceptors (Lipinski definition) is 5. The van der Waals surface area contributed by atoms with Crippen LogP contribution in [0.2, 0.25) is 0 Å². The number of carbonyl (C=O) groups excluding carboxylic acids is 1. The summed E-state index contributed by atoms with van der Waals surface area (Å²) in [6.07, 6.45) is 1.97. The van der Waals surface area contributed by atoms with Crippen LogP contribution in [0.5, 0.6) is 0 Å². The van der Waals surface area contributed by atoms with Crippen LogP contribution in [-0.2, 0) is 0 Å². The van der Waals surface area contributed by atoms with Crippen molar-refractivity contribution in [3.05, 3.63) is 33.9 Å². The molecule has 1 rings (SSSR count). The lowest BCUT2D eigenvalue weighted by atomic mass is 10.1. The Morgan fingerprint density at radius 2 is 2.21 bits per heavy atom. The van der Waals surface area contributed by atoms with E-state index >= 15 is 0 Å². The quantitative estimate of drug-likeness (QED) is 0.507. The standard InChI is InChI=1S/C12H17N3O3S/c1-8(7-19-3)14(2)12(16)9-4-5-11(15(17)18)10(13)6-9/h4-6,8H,7,13H2,1-3H3. The fraction of sp³-hybridized carbons (Fsp3) is 0.417. The predicted molar refractivity (Wildman–Crippen MR) is 77.4 cm³/mol. The molecule has 7 heteroatoms. The van der Waals surface area contributed by atoms with E-state index in [4.69, 9.17) is 5.73 Å². The molecule has 1 atom stereocenters. The SMILES string of the molecule is CSCC(C)N(C)C(=O)c1ccc([N+](=O)[O-])c(N)c1. The Hall–Kier alpha value is -1.76. The summed E-state index contributed by atoms with van der Waals surface area (Å²) in [5.74, 6) is 0.633. The monoisotopic (exact) mass is 283 g/mol. The van der Waals surface area contributed by atoms with Gasteiger partial charge in [0.15, 0.2) is 0 Å². The van der Waals surface area contributed by atoms with E-state index in [1.54, 1.807) is 23.7 Å². The number of benzene rings is 1. The molecule has 0 fully saturated rings. The number of nitrogens with zero attached hydrogens (tertiary/aromatic N) is 2. The summed E-state index contributed by atoms with van der Waals surface area (Å²) < 4.78 is 0. The van der Waals surface area contributed by atoms with Crippen LogP contribution in [0.4, 0.5) is 11.4 Å². The Kier molecular flexibility index (Phi) is 5.17. The minimum Gasteiger partial charge on any atom is -0.393 e. The summed E-state index contributed by atoms with van der Waals surface area (Å²) in [5.41, 5.74) is 5.76. The molecule has 1 amide bonds. The normalized spacial score (nSPS) is 11.9. The zero-order valence-electron chi connectivity index (χ0n) is 11.1. The molecule has 0 heterocycles. The van der Waals surface area contributed by atoms with Crippen molar-refractivity contribution in [2.75, 3.05) is 24.8 Å². The molecule has 0 aliphatic carbocycles. The molecule has 0 saturated heterocycles. The summed E-state index contributed by atoms with van der Waals surface area (Å²) in [6, 6.07) is 4.12. The molecule has 104 valence electrons. The smallest absolute Gasteiger partial charge is 0.292 e. The van der Waals surface area contributed by atoms with Gasteiger partial charge in [0.2, 0.25) is 0 Å². The van der Waals surface area contributed by atoms with Gasteiger partial charge in [0.25, 0.3) is 11.6 Å². The highest BCUT2D eigenvalue weighted by molar-refractivity contribution is 7.98. The molecule has 2 N–H and O–H groups in total. The molecule has 0 spiro atoms.